The number of amides is 1. The molecular weight excluding hydrogens is 744 g/mol. The number of aliphatic hydroxyl groups is 1. The molecule has 1 aromatic rings. The Kier molecular flexibility index (Phi) is 13.0. The minimum Gasteiger partial charge on any atom is -0.464 e. The molecule has 4 N–H and O–H groups in total. The first kappa shape index (κ1) is 42.6. The van der Waals surface area contributed by atoms with Crippen molar-refractivity contribution in [3.8, 4) is 5.75 Å². The van der Waals surface area contributed by atoms with E-state index in [9.17, 15) is 29.1 Å². The highest BCUT2D eigenvalue weighted by Crippen LogP contribution is 2.69. The number of nitrogens with one attached hydrogen (secondary N) is 1. The lowest BCUT2D eigenvalue weighted by Crippen LogP contribution is -2.63. The maximum Gasteiger partial charge on any atom is 0.514 e. The van der Waals surface area contributed by atoms with Crippen molar-refractivity contribution in [2.75, 3.05) is 19.8 Å². The van der Waals surface area contributed by atoms with Gasteiger partial charge in [-0.15, -0.1) is 0 Å². The van der Waals surface area contributed by atoms with E-state index >= 15 is 0 Å². The van der Waals surface area contributed by atoms with Crippen LogP contribution >= 0.6 is 0 Å². The normalized spacial score (nSPS) is 33.0. The Labute approximate surface area is 331 Å². The van der Waals surface area contributed by atoms with E-state index in [1.807, 2.05) is 19.9 Å². The maximum atomic E-state index is 14.5. The number of nitrogens with zero attached hydrogens (tertiary/aromatic N) is 1. The fourth-order valence-electron chi connectivity index (χ4n) is 10.4. The molecule has 4 unspecified atom stereocenters. The van der Waals surface area contributed by atoms with Crippen molar-refractivity contribution < 1.29 is 68.0 Å². The van der Waals surface area contributed by atoms with Crippen LogP contribution in [-0.4, -0.2) is 100 Å². The summed E-state index contributed by atoms with van der Waals surface area (Å²) >= 11 is 0. The monoisotopic (exact) mass is 798 g/mol. The first-order valence-electron chi connectivity index (χ1n) is 19.8. The quantitative estimate of drug-likeness (QED) is 0.0793. The Balaban J connectivity index is 1.08. The van der Waals surface area contributed by atoms with Crippen molar-refractivity contribution in [3.63, 3.8) is 0 Å². The Morgan fingerprint density at radius 2 is 1.81 bits per heavy atom. The van der Waals surface area contributed by atoms with E-state index in [-0.39, 0.29) is 55.3 Å². The predicted octanol–water partition coefficient (Wildman–Crippen LogP) is 4.32. The van der Waals surface area contributed by atoms with Crippen LogP contribution in [0.1, 0.15) is 84.6 Å². The lowest BCUT2D eigenvalue weighted by Gasteiger charge is -2.59. The second-order valence-electron chi connectivity index (χ2n) is 16.3. The molecule has 1 aromatic carbocycles. The largest absolute Gasteiger partial charge is 0.514 e. The number of carbonyl (C=O) groups is 5. The number of benzene rings is 1. The second-order valence-corrected chi connectivity index (χ2v) is 16.3. The van der Waals surface area contributed by atoms with Gasteiger partial charge in [-0.2, -0.15) is 0 Å². The van der Waals surface area contributed by atoms with Crippen LogP contribution in [0.15, 0.2) is 48.1 Å². The van der Waals surface area contributed by atoms with Crippen LogP contribution in [-0.2, 0) is 49.4 Å². The lowest BCUT2D eigenvalue weighted by molar-refractivity contribution is -0.492. The highest BCUT2D eigenvalue weighted by molar-refractivity contribution is 6.01. The number of Topliss-reactive ketones (excluding diaryl/α,β-unsaturated/α-hetero) is 1. The summed E-state index contributed by atoms with van der Waals surface area (Å²) in [5.74, 6) is -1.61. The molecule has 0 spiro atoms. The number of esters is 1. The van der Waals surface area contributed by atoms with E-state index in [0.717, 1.165) is 18.4 Å². The van der Waals surface area contributed by atoms with E-state index in [4.69, 9.17) is 34.1 Å². The number of unbranched alkanes of at least 4 members (excludes halogenated alkanes) is 1. The van der Waals surface area contributed by atoms with Crippen molar-refractivity contribution in [2.24, 2.45) is 28.6 Å². The minimum atomic E-state index is -1.46. The molecule has 3 saturated carbocycles. The zero-order chi connectivity index (χ0) is 41.1. The number of rotatable bonds is 16. The summed E-state index contributed by atoms with van der Waals surface area (Å²) in [5, 5.41) is 31.2. The Morgan fingerprint density at radius 1 is 1.07 bits per heavy atom. The molecule has 4 fully saturated rings. The highest BCUT2D eigenvalue weighted by atomic mass is 17.1. The van der Waals surface area contributed by atoms with Gasteiger partial charge in [0.15, 0.2) is 24.3 Å². The van der Waals surface area contributed by atoms with Gasteiger partial charge in [0.25, 0.3) is 0 Å². The molecule has 1 aliphatic heterocycles. The Hall–Kier alpha value is -4.03. The number of aliphatic hydroxyl groups excluding tert-OH is 1. The predicted molar refractivity (Wildman–Crippen MR) is 197 cm³/mol. The van der Waals surface area contributed by atoms with Gasteiger partial charge in [0.05, 0.1) is 30.8 Å². The standard InChI is InChI=1S/C41H54N2O14/c1-5-8-35-56-34-21-30-29-14-11-26-20-27(45)15-16-39(26,3)36(29)32(46)22-40(30,4)41(34,57-35)33(47)23-53-38(49)55-28-12-9-25(10-13-28)19-31(42-24(2)44)37(48)52-17-6-7-18-54-43(50)51/h9-10,12-13,15-16,20,29-32,34-36,46,50-51H,5-8,11,14,17-19,21-23H2,1-4H3,(H,42,44)/t29-,30?,31?,32-,34+,35?,36?,39-,40-,41+/m0/s1. The molecule has 0 bridgehead atoms. The number of allylic oxidation sites excluding steroid dienone is 4. The topological polar surface area (TPSA) is 217 Å². The van der Waals surface area contributed by atoms with Gasteiger partial charge in [-0.25, -0.2) is 9.59 Å². The molecule has 57 heavy (non-hydrogen) atoms. The summed E-state index contributed by atoms with van der Waals surface area (Å²) in [7, 11) is 0. The summed E-state index contributed by atoms with van der Waals surface area (Å²) in [6, 6.07) is 5.20. The molecule has 4 aliphatic carbocycles. The highest BCUT2D eigenvalue weighted by Gasteiger charge is 2.76. The van der Waals surface area contributed by atoms with E-state index in [1.54, 1.807) is 24.3 Å². The fraction of sp³-hybridized carbons (Fsp3) is 0.634. The number of ketones is 2. The van der Waals surface area contributed by atoms with Crippen LogP contribution in [0.5, 0.6) is 5.75 Å². The van der Waals surface area contributed by atoms with E-state index in [1.165, 1.54) is 19.1 Å². The number of ether oxygens (including phenoxy) is 5. The van der Waals surface area contributed by atoms with Gasteiger partial charge in [0.2, 0.25) is 11.7 Å². The third kappa shape index (κ3) is 8.58. The van der Waals surface area contributed by atoms with Gasteiger partial charge in [-0.05, 0) is 86.6 Å². The zero-order valence-electron chi connectivity index (χ0n) is 32.8. The Morgan fingerprint density at radius 3 is 2.51 bits per heavy atom. The van der Waals surface area contributed by atoms with E-state index in [2.05, 4.69) is 17.1 Å². The summed E-state index contributed by atoms with van der Waals surface area (Å²) in [6.07, 6.45) is 6.61. The molecule has 1 amide bonds. The van der Waals surface area contributed by atoms with Crippen molar-refractivity contribution >= 4 is 29.6 Å². The van der Waals surface area contributed by atoms with Gasteiger partial charge in [0, 0.05) is 30.1 Å². The molecule has 6 rings (SSSR count). The van der Waals surface area contributed by atoms with Crippen LogP contribution in [0.4, 0.5) is 4.79 Å². The number of carbonyl (C=O) groups excluding carboxylic acids is 5. The molecule has 16 nitrogen and oxygen atoms in total. The zero-order valence-corrected chi connectivity index (χ0v) is 32.8. The SMILES string of the molecule is CCCC1O[C@@H]2CC3[C@@H]4CCC5=CC(=O)C=C[C@]5(C)C4[C@@H](O)C[C@]3(C)[C@]2(C(=O)COC(=O)Oc2ccc(CC(NC(C)=O)C(=O)OCCCCON(O)O)cc2)O1. The van der Waals surface area contributed by atoms with Crippen LogP contribution in [0.3, 0.4) is 0 Å². The molecule has 1 heterocycles. The van der Waals surface area contributed by atoms with Gasteiger partial charge < -0.3 is 34.1 Å². The fourth-order valence-corrected chi connectivity index (χ4v) is 10.4. The molecule has 5 aliphatic rings. The van der Waals surface area contributed by atoms with Crippen molar-refractivity contribution in [1.29, 1.82) is 0 Å². The lowest BCUT2D eigenvalue weighted by atomic mass is 9.46. The van der Waals surface area contributed by atoms with E-state index < -0.39 is 76.8 Å². The molecule has 312 valence electrons. The van der Waals surface area contributed by atoms with Crippen LogP contribution in [0.25, 0.3) is 0 Å². The molecule has 1 saturated heterocycles. The van der Waals surface area contributed by atoms with Crippen molar-refractivity contribution in [3.05, 3.63) is 53.6 Å². The molecule has 16 heteroatoms. The number of fused-ring (bicyclic) bond motifs is 7. The van der Waals surface area contributed by atoms with Crippen LogP contribution < -0.4 is 10.1 Å². The van der Waals surface area contributed by atoms with Crippen LogP contribution in [0, 0.1) is 28.6 Å². The summed E-state index contributed by atoms with van der Waals surface area (Å²) in [4.78, 5) is 68.7. The first-order valence-corrected chi connectivity index (χ1v) is 19.8. The third-order valence-electron chi connectivity index (χ3n) is 12.8. The van der Waals surface area contributed by atoms with Gasteiger partial charge in [-0.1, -0.05) is 51.0 Å². The number of hydrogen-bond acceptors (Lipinski definition) is 15. The van der Waals surface area contributed by atoms with Crippen molar-refractivity contribution in [1.82, 2.24) is 10.7 Å². The summed E-state index contributed by atoms with van der Waals surface area (Å²) in [5.41, 5.74) is -1.10. The maximum absolute atomic E-state index is 14.5. The minimum absolute atomic E-state index is 0.00338. The molecule has 0 radical (unpaired) electrons. The molecular formula is C41H54N2O14. The van der Waals surface area contributed by atoms with Gasteiger partial charge in [-0.3, -0.25) is 29.6 Å². The van der Waals surface area contributed by atoms with Crippen LogP contribution in [0.2, 0.25) is 0 Å². The first-order chi connectivity index (χ1) is 27.1. The van der Waals surface area contributed by atoms with Gasteiger partial charge in [0.1, 0.15) is 11.8 Å². The Bertz CT molecular complexity index is 1750. The smallest absolute Gasteiger partial charge is 0.464 e. The second kappa shape index (κ2) is 17.4. The number of hydrogen-bond donors (Lipinski definition) is 4. The van der Waals surface area contributed by atoms with Gasteiger partial charge >= 0.3 is 12.1 Å². The summed E-state index contributed by atoms with van der Waals surface area (Å²) < 4.78 is 29.2. The third-order valence-corrected chi connectivity index (χ3v) is 12.8. The summed E-state index contributed by atoms with van der Waals surface area (Å²) in [6.45, 7) is 6.75. The van der Waals surface area contributed by atoms with E-state index in [0.29, 0.717) is 37.7 Å². The average molecular weight is 799 g/mol. The molecule has 10 atom stereocenters. The van der Waals surface area contributed by atoms with Crippen molar-refractivity contribution in [2.45, 2.75) is 116 Å². The average Bonchev–Trinajstić information content (AvgIpc) is 3.64. The molecule has 0 aromatic heterocycles.